The molecule has 1 radical (unpaired) electrons. The van der Waals surface area contributed by atoms with Gasteiger partial charge in [0.25, 0.3) is 0 Å². The average Bonchev–Trinajstić information content (AvgIpc) is 2.26. The van der Waals surface area contributed by atoms with Gasteiger partial charge >= 0.3 is 0 Å². The predicted molar refractivity (Wildman–Crippen MR) is 58.7 cm³/mol. The molecule has 1 N–H and O–H groups in total. The number of hydrogen-bond acceptors (Lipinski definition) is 1. The van der Waals surface area contributed by atoms with Crippen molar-refractivity contribution in [2.24, 2.45) is 0 Å². The number of anilines is 2. The molecular weight excluding hydrogens is 170 g/mol. The standard InChI is InChI=1S/C13H10N/c1-3-7-12-10(5-1)9-11-6-2-4-8-13(11)14-12/h1-9,14H. The number of nitrogens with one attached hydrogen (secondary N) is 1. The molecule has 3 rings (SSSR count). The van der Waals surface area contributed by atoms with Gasteiger partial charge in [0.05, 0.1) is 0 Å². The molecule has 1 heterocycles. The van der Waals surface area contributed by atoms with Crippen molar-refractivity contribution in [3.8, 4) is 0 Å². The normalized spacial score (nSPS) is 12.6. The average molecular weight is 180 g/mol. The molecule has 1 heteroatoms. The zero-order chi connectivity index (χ0) is 9.38. The minimum absolute atomic E-state index is 1.19. The molecule has 0 amide bonds. The molecular formula is C13H10N. The van der Waals surface area contributed by atoms with Crippen LogP contribution in [0.4, 0.5) is 11.4 Å². The van der Waals surface area contributed by atoms with Crippen molar-refractivity contribution in [3.05, 3.63) is 66.1 Å². The second-order valence-electron chi connectivity index (χ2n) is 3.44. The van der Waals surface area contributed by atoms with Gasteiger partial charge in [-0.2, -0.15) is 0 Å². The zero-order valence-electron chi connectivity index (χ0n) is 7.70. The van der Waals surface area contributed by atoms with Gasteiger partial charge in [-0.05, 0) is 23.3 Å². The van der Waals surface area contributed by atoms with E-state index in [-0.39, 0.29) is 0 Å². The first-order valence-corrected chi connectivity index (χ1v) is 4.73. The van der Waals surface area contributed by atoms with E-state index >= 15 is 0 Å². The summed E-state index contributed by atoms with van der Waals surface area (Å²) in [7, 11) is 0. The molecule has 0 fully saturated rings. The van der Waals surface area contributed by atoms with Gasteiger partial charge in [0.2, 0.25) is 0 Å². The van der Waals surface area contributed by atoms with Crippen LogP contribution in [0.25, 0.3) is 0 Å². The predicted octanol–water partition coefficient (Wildman–Crippen LogP) is 3.34. The highest BCUT2D eigenvalue weighted by atomic mass is 14.9. The van der Waals surface area contributed by atoms with Crippen LogP contribution in [-0.4, -0.2) is 0 Å². The minimum Gasteiger partial charge on any atom is -0.355 e. The maximum Gasteiger partial charge on any atom is 0.0423 e. The van der Waals surface area contributed by atoms with E-state index < -0.39 is 0 Å². The van der Waals surface area contributed by atoms with Crippen LogP contribution in [0.15, 0.2) is 48.5 Å². The van der Waals surface area contributed by atoms with Gasteiger partial charge in [0, 0.05) is 17.8 Å². The first-order chi connectivity index (χ1) is 6.93. The SMILES string of the molecule is [CH]1c2ccccc2Nc2ccccc21. The summed E-state index contributed by atoms with van der Waals surface area (Å²) in [4.78, 5) is 0. The topological polar surface area (TPSA) is 12.0 Å². The van der Waals surface area contributed by atoms with Crippen LogP contribution in [0.5, 0.6) is 0 Å². The largest absolute Gasteiger partial charge is 0.355 e. The highest BCUT2D eigenvalue weighted by Gasteiger charge is 2.12. The van der Waals surface area contributed by atoms with Crippen LogP contribution in [-0.2, 0) is 0 Å². The third-order valence-corrected chi connectivity index (χ3v) is 2.50. The fourth-order valence-electron chi connectivity index (χ4n) is 1.79. The Labute approximate surface area is 83.4 Å². The van der Waals surface area contributed by atoms with Crippen molar-refractivity contribution in [2.45, 2.75) is 0 Å². The van der Waals surface area contributed by atoms with E-state index in [1.807, 2.05) is 12.1 Å². The molecule has 0 aliphatic carbocycles. The molecule has 67 valence electrons. The Morgan fingerprint density at radius 1 is 0.643 bits per heavy atom. The summed E-state index contributed by atoms with van der Waals surface area (Å²) in [6.07, 6.45) is 2.21. The highest BCUT2D eigenvalue weighted by Crippen LogP contribution is 2.33. The van der Waals surface area contributed by atoms with Crippen LogP contribution < -0.4 is 5.32 Å². The van der Waals surface area contributed by atoms with Crippen LogP contribution in [0.2, 0.25) is 0 Å². The van der Waals surface area contributed by atoms with E-state index in [0.717, 1.165) is 0 Å². The van der Waals surface area contributed by atoms with E-state index in [0.29, 0.717) is 0 Å². The van der Waals surface area contributed by atoms with E-state index in [1.165, 1.54) is 22.5 Å². The zero-order valence-corrected chi connectivity index (χ0v) is 7.70. The summed E-state index contributed by atoms with van der Waals surface area (Å²) in [6.45, 7) is 0. The van der Waals surface area contributed by atoms with Gasteiger partial charge in [0.15, 0.2) is 0 Å². The monoisotopic (exact) mass is 180 g/mol. The van der Waals surface area contributed by atoms with Crippen LogP contribution in [0.1, 0.15) is 11.1 Å². The summed E-state index contributed by atoms with van der Waals surface area (Å²) >= 11 is 0. The first-order valence-electron chi connectivity index (χ1n) is 4.73. The van der Waals surface area contributed by atoms with Crippen molar-refractivity contribution >= 4 is 11.4 Å². The van der Waals surface area contributed by atoms with Crippen molar-refractivity contribution < 1.29 is 0 Å². The Morgan fingerprint density at radius 3 is 1.71 bits per heavy atom. The van der Waals surface area contributed by atoms with Crippen LogP contribution >= 0.6 is 0 Å². The molecule has 2 aromatic rings. The molecule has 0 saturated heterocycles. The Bertz CT molecular complexity index is 387. The number of rotatable bonds is 0. The first kappa shape index (κ1) is 7.63. The molecule has 0 atom stereocenters. The third kappa shape index (κ3) is 1.10. The van der Waals surface area contributed by atoms with Gasteiger partial charge in [-0.25, -0.2) is 0 Å². The Hall–Kier alpha value is -1.76. The van der Waals surface area contributed by atoms with Gasteiger partial charge in [0.1, 0.15) is 0 Å². The molecule has 0 bridgehead atoms. The number of hydrogen-bond donors (Lipinski definition) is 1. The second-order valence-corrected chi connectivity index (χ2v) is 3.44. The molecule has 0 aromatic heterocycles. The lowest BCUT2D eigenvalue weighted by Crippen LogP contribution is -2.04. The summed E-state index contributed by atoms with van der Waals surface area (Å²) < 4.78 is 0. The Kier molecular flexibility index (Phi) is 1.57. The van der Waals surface area contributed by atoms with Crippen LogP contribution in [0, 0.1) is 6.42 Å². The lowest BCUT2D eigenvalue weighted by molar-refractivity contribution is 1.35. The minimum atomic E-state index is 1.19. The fraction of sp³-hybridized carbons (Fsp3) is 0. The van der Waals surface area contributed by atoms with Crippen molar-refractivity contribution in [3.63, 3.8) is 0 Å². The number of benzene rings is 2. The maximum absolute atomic E-state index is 3.41. The van der Waals surface area contributed by atoms with Gasteiger partial charge < -0.3 is 5.32 Å². The van der Waals surface area contributed by atoms with Gasteiger partial charge in [-0.3, -0.25) is 0 Å². The van der Waals surface area contributed by atoms with E-state index in [4.69, 9.17) is 0 Å². The molecule has 0 spiro atoms. The molecule has 2 aromatic carbocycles. The highest BCUT2D eigenvalue weighted by molar-refractivity contribution is 5.75. The molecule has 0 saturated carbocycles. The van der Waals surface area contributed by atoms with E-state index in [9.17, 15) is 0 Å². The third-order valence-electron chi connectivity index (χ3n) is 2.50. The summed E-state index contributed by atoms with van der Waals surface area (Å²) in [5.41, 5.74) is 4.88. The van der Waals surface area contributed by atoms with Crippen molar-refractivity contribution in [2.75, 3.05) is 5.32 Å². The quantitative estimate of drug-likeness (QED) is 0.559. The maximum atomic E-state index is 3.41. The van der Waals surface area contributed by atoms with Crippen LogP contribution in [0.3, 0.4) is 0 Å². The number of para-hydroxylation sites is 2. The molecule has 1 aliphatic heterocycles. The number of fused-ring (bicyclic) bond motifs is 2. The van der Waals surface area contributed by atoms with Gasteiger partial charge in [-0.15, -0.1) is 0 Å². The lowest BCUT2D eigenvalue weighted by atomic mass is 9.98. The molecule has 0 unspecified atom stereocenters. The summed E-state index contributed by atoms with van der Waals surface area (Å²) in [5, 5.41) is 3.41. The summed E-state index contributed by atoms with van der Waals surface area (Å²) in [6, 6.07) is 16.7. The lowest BCUT2D eigenvalue weighted by Gasteiger charge is -2.20. The second kappa shape index (κ2) is 2.88. The van der Waals surface area contributed by atoms with E-state index in [1.54, 1.807) is 0 Å². The van der Waals surface area contributed by atoms with E-state index in [2.05, 4.69) is 48.1 Å². The summed E-state index contributed by atoms with van der Waals surface area (Å²) in [5.74, 6) is 0. The molecule has 1 aliphatic rings. The molecule has 1 nitrogen and oxygen atoms in total. The van der Waals surface area contributed by atoms with Crippen molar-refractivity contribution in [1.29, 1.82) is 0 Å². The molecule has 14 heavy (non-hydrogen) atoms. The van der Waals surface area contributed by atoms with Crippen molar-refractivity contribution in [1.82, 2.24) is 0 Å². The Morgan fingerprint density at radius 2 is 1.14 bits per heavy atom. The van der Waals surface area contributed by atoms with Gasteiger partial charge in [-0.1, -0.05) is 36.4 Å². The Balaban J connectivity index is 2.12. The smallest absolute Gasteiger partial charge is 0.0423 e. The fourth-order valence-corrected chi connectivity index (χ4v) is 1.79.